The van der Waals surface area contributed by atoms with Gasteiger partial charge in [-0.05, 0) is 13.0 Å². The molecule has 0 fully saturated rings. The van der Waals surface area contributed by atoms with Gasteiger partial charge in [-0.25, -0.2) is 0 Å². The Morgan fingerprint density at radius 1 is 1.50 bits per heavy atom. The van der Waals surface area contributed by atoms with Crippen molar-refractivity contribution in [3.05, 3.63) is 46.0 Å². The summed E-state index contributed by atoms with van der Waals surface area (Å²) in [5.74, 6) is -0.207. The summed E-state index contributed by atoms with van der Waals surface area (Å²) in [4.78, 5) is 25.0. The van der Waals surface area contributed by atoms with Crippen molar-refractivity contribution in [1.82, 2.24) is 10.1 Å². The minimum absolute atomic E-state index is 0.168. The fourth-order valence-electron chi connectivity index (χ4n) is 1.18. The Labute approximate surface area is 90.3 Å². The zero-order chi connectivity index (χ0) is 11.5. The molecule has 0 saturated carbocycles. The lowest BCUT2D eigenvalue weighted by atomic mass is 10.3. The van der Waals surface area contributed by atoms with Gasteiger partial charge < -0.3 is 9.51 Å². The summed E-state index contributed by atoms with van der Waals surface area (Å²) in [5, 5.41) is 6.09. The van der Waals surface area contributed by atoms with Gasteiger partial charge in [0.2, 0.25) is 11.4 Å². The van der Waals surface area contributed by atoms with Crippen LogP contribution in [-0.2, 0) is 0 Å². The van der Waals surface area contributed by atoms with Crippen LogP contribution in [0.25, 0.3) is 0 Å². The SMILES string of the molecule is Cc1cc(NC(=O)c2cccc(=O)[nH]2)on1. The maximum Gasteiger partial charge on any atom is 0.274 e. The van der Waals surface area contributed by atoms with Crippen LogP contribution >= 0.6 is 0 Å². The first-order valence-electron chi connectivity index (χ1n) is 4.59. The fourth-order valence-corrected chi connectivity index (χ4v) is 1.18. The first-order chi connectivity index (χ1) is 7.65. The lowest BCUT2D eigenvalue weighted by Gasteiger charge is -1.99. The molecule has 0 aliphatic carbocycles. The van der Waals surface area contributed by atoms with E-state index in [4.69, 9.17) is 4.52 Å². The minimum atomic E-state index is -0.450. The first-order valence-corrected chi connectivity index (χ1v) is 4.59. The van der Waals surface area contributed by atoms with Gasteiger partial charge in [0.15, 0.2) is 0 Å². The normalized spacial score (nSPS) is 10.1. The number of hydrogen-bond acceptors (Lipinski definition) is 4. The van der Waals surface area contributed by atoms with Gasteiger partial charge >= 0.3 is 0 Å². The van der Waals surface area contributed by atoms with Crippen molar-refractivity contribution in [3.63, 3.8) is 0 Å². The molecule has 0 aliphatic heterocycles. The molecule has 2 aromatic rings. The number of nitrogens with zero attached hydrogens (tertiary/aromatic N) is 1. The van der Waals surface area contributed by atoms with Gasteiger partial charge in [-0.3, -0.25) is 14.9 Å². The molecule has 1 amide bonds. The van der Waals surface area contributed by atoms with E-state index in [1.54, 1.807) is 13.0 Å². The van der Waals surface area contributed by atoms with Crippen molar-refractivity contribution < 1.29 is 9.32 Å². The number of aromatic nitrogens is 2. The Morgan fingerprint density at radius 2 is 2.31 bits per heavy atom. The van der Waals surface area contributed by atoms with Crippen LogP contribution in [0.5, 0.6) is 0 Å². The first kappa shape index (κ1) is 10.2. The van der Waals surface area contributed by atoms with Gasteiger partial charge in [0.05, 0.1) is 5.69 Å². The van der Waals surface area contributed by atoms with E-state index in [1.807, 2.05) is 0 Å². The van der Waals surface area contributed by atoms with Crippen molar-refractivity contribution in [2.45, 2.75) is 6.92 Å². The van der Waals surface area contributed by atoms with Crippen LogP contribution in [0.4, 0.5) is 5.88 Å². The van der Waals surface area contributed by atoms with E-state index in [0.717, 1.165) is 0 Å². The van der Waals surface area contributed by atoms with E-state index in [1.165, 1.54) is 18.2 Å². The van der Waals surface area contributed by atoms with Gasteiger partial charge in [-0.15, -0.1) is 0 Å². The molecule has 82 valence electrons. The van der Waals surface area contributed by atoms with Gasteiger partial charge in [-0.1, -0.05) is 11.2 Å². The van der Waals surface area contributed by atoms with Gasteiger partial charge in [0.25, 0.3) is 5.91 Å². The summed E-state index contributed by atoms with van der Waals surface area (Å²) < 4.78 is 4.81. The molecule has 0 unspecified atom stereocenters. The highest BCUT2D eigenvalue weighted by molar-refractivity contribution is 6.01. The number of nitrogens with one attached hydrogen (secondary N) is 2. The highest BCUT2D eigenvalue weighted by Crippen LogP contribution is 2.09. The molecule has 2 heterocycles. The maximum atomic E-state index is 11.6. The molecule has 0 bridgehead atoms. The summed E-state index contributed by atoms with van der Waals surface area (Å²) in [6, 6.07) is 5.91. The number of rotatable bonds is 2. The molecule has 0 atom stereocenters. The van der Waals surface area contributed by atoms with Gasteiger partial charge in [0.1, 0.15) is 5.69 Å². The minimum Gasteiger partial charge on any atom is -0.338 e. The number of aromatic amines is 1. The number of amides is 1. The predicted molar refractivity (Wildman–Crippen MR) is 56.3 cm³/mol. The maximum absolute atomic E-state index is 11.6. The number of anilines is 1. The summed E-state index contributed by atoms with van der Waals surface area (Å²) >= 11 is 0. The van der Waals surface area contributed by atoms with Crippen molar-refractivity contribution >= 4 is 11.8 Å². The van der Waals surface area contributed by atoms with Crippen LogP contribution in [0.3, 0.4) is 0 Å². The Hall–Kier alpha value is -2.37. The van der Waals surface area contributed by atoms with Crippen LogP contribution in [0, 0.1) is 6.92 Å². The third kappa shape index (κ3) is 2.17. The molecule has 0 radical (unpaired) electrons. The molecule has 6 heteroatoms. The summed E-state index contributed by atoms with van der Waals surface area (Å²) in [6.07, 6.45) is 0. The lowest BCUT2D eigenvalue weighted by Crippen LogP contribution is -2.17. The lowest BCUT2D eigenvalue weighted by molar-refractivity contribution is 0.101. The zero-order valence-corrected chi connectivity index (χ0v) is 8.48. The number of pyridine rings is 1. The van der Waals surface area contributed by atoms with E-state index < -0.39 is 5.91 Å². The van der Waals surface area contributed by atoms with E-state index in [2.05, 4.69) is 15.5 Å². The van der Waals surface area contributed by atoms with E-state index in [9.17, 15) is 9.59 Å². The molecule has 0 spiro atoms. The molecule has 2 rings (SSSR count). The standard InChI is InChI=1S/C10H9N3O3/c1-6-5-9(16-13-6)12-10(15)7-3-2-4-8(14)11-7/h2-5H,1H3,(H,11,14)(H,12,15). The van der Waals surface area contributed by atoms with Crippen LogP contribution < -0.4 is 10.9 Å². The molecule has 0 aliphatic rings. The average Bonchev–Trinajstić information content (AvgIpc) is 2.64. The van der Waals surface area contributed by atoms with Crippen molar-refractivity contribution in [2.75, 3.05) is 5.32 Å². The second-order valence-corrected chi connectivity index (χ2v) is 3.22. The van der Waals surface area contributed by atoms with Crippen LogP contribution in [-0.4, -0.2) is 16.0 Å². The summed E-state index contributed by atoms with van der Waals surface area (Å²) in [6.45, 7) is 1.74. The Bertz CT molecular complexity index is 570. The average molecular weight is 219 g/mol. The number of aryl methyl sites for hydroxylation is 1. The Morgan fingerprint density at radius 3 is 2.94 bits per heavy atom. The summed E-state index contributed by atoms with van der Waals surface area (Å²) in [7, 11) is 0. The number of hydrogen-bond donors (Lipinski definition) is 2. The molecule has 6 nitrogen and oxygen atoms in total. The highest BCUT2D eigenvalue weighted by atomic mass is 16.5. The van der Waals surface area contributed by atoms with Crippen molar-refractivity contribution in [2.24, 2.45) is 0 Å². The number of carbonyl (C=O) groups excluding carboxylic acids is 1. The van der Waals surface area contributed by atoms with Crippen LogP contribution in [0.2, 0.25) is 0 Å². The molecular formula is C10H9N3O3. The van der Waals surface area contributed by atoms with Crippen LogP contribution in [0.1, 0.15) is 16.2 Å². The largest absolute Gasteiger partial charge is 0.338 e. The second-order valence-electron chi connectivity index (χ2n) is 3.22. The quantitative estimate of drug-likeness (QED) is 0.786. The van der Waals surface area contributed by atoms with Gasteiger partial charge in [0, 0.05) is 12.1 Å². The third-order valence-electron chi connectivity index (χ3n) is 1.88. The molecule has 16 heavy (non-hydrogen) atoms. The number of carbonyl (C=O) groups is 1. The second kappa shape index (κ2) is 4.01. The molecule has 0 aromatic carbocycles. The Balaban J connectivity index is 2.17. The Kier molecular flexibility index (Phi) is 2.55. The van der Waals surface area contributed by atoms with E-state index in [0.29, 0.717) is 5.69 Å². The third-order valence-corrected chi connectivity index (χ3v) is 1.88. The molecule has 2 N–H and O–H groups in total. The smallest absolute Gasteiger partial charge is 0.274 e. The van der Waals surface area contributed by atoms with Crippen LogP contribution in [0.15, 0.2) is 33.6 Å². The van der Waals surface area contributed by atoms with E-state index >= 15 is 0 Å². The molecule has 2 aromatic heterocycles. The molecule has 0 saturated heterocycles. The van der Waals surface area contributed by atoms with Crippen molar-refractivity contribution in [1.29, 1.82) is 0 Å². The predicted octanol–water partition coefficient (Wildman–Crippen LogP) is 0.924. The zero-order valence-electron chi connectivity index (χ0n) is 8.48. The molecular weight excluding hydrogens is 210 g/mol. The van der Waals surface area contributed by atoms with Gasteiger partial charge in [-0.2, -0.15) is 0 Å². The monoisotopic (exact) mass is 219 g/mol. The van der Waals surface area contributed by atoms with E-state index in [-0.39, 0.29) is 17.1 Å². The highest BCUT2D eigenvalue weighted by Gasteiger charge is 2.09. The summed E-state index contributed by atoms with van der Waals surface area (Å²) in [5.41, 5.74) is 0.500. The van der Waals surface area contributed by atoms with Crippen molar-refractivity contribution in [3.8, 4) is 0 Å². The fraction of sp³-hybridized carbons (Fsp3) is 0.100. The topological polar surface area (TPSA) is 88.0 Å². The number of H-pyrrole nitrogens is 1.